The van der Waals surface area contributed by atoms with Crippen molar-refractivity contribution in [2.24, 2.45) is 11.7 Å². The molecule has 1 rings (SSSR count). The Balaban J connectivity index is 2.59. The van der Waals surface area contributed by atoms with Gasteiger partial charge in [-0.15, -0.1) is 0 Å². The Morgan fingerprint density at radius 3 is 2.37 bits per heavy atom. The van der Waals surface area contributed by atoms with Gasteiger partial charge < -0.3 is 16.4 Å². The molecule has 1 aromatic rings. The lowest BCUT2D eigenvalue weighted by Gasteiger charge is -2.20. The summed E-state index contributed by atoms with van der Waals surface area (Å²) in [6, 6.07) is 5.13. The van der Waals surface area contributed by atoms with E-state index in [2.05, 4.69) is 10.6 Å². The van der Waals surface area contributed by atoms with Crippen LogP contribution in [-0.4, -0.2) is 23.5 Å². The van der Waals surface area contributed by atoms with Crippen molar-refractivity contribution in [2.45, 2.75) is 19.9 Å². The van der Waals surface area contributed by atoms with Gasteiger partial charge in [0.1, 0.15) is 0 Å². The van der Waals surface area contributed by atoms with Crippen LogP contribution in [0.4, 0.5) is 16.2 Å². The van der Waals surface area contributed by atoms with Gasteiger partial charge in [-0.05, 0) is 18.1 Å². The molecule has 19 heavy (non-hydrogen) atoms. The van der Waals surface area contributed by atoms with Crippen LogP contribution in [0.25, 0.3) is 0 Å². The largest absolute Gasteiger partial charge is 0.334 e. The zero-order valence-electron chi connectivity index (χ0n) is 10.9. The minimum absolute atomic E-state index is 0.0204. The third kappa shape index (κ3) is 4.55. The molecule has 0 aliphatic rings. The Bertz CT molecular complexity index is 445. The molecule has 0 heterocycles. The van der Waals surface area contributed by atoms with Crippen LogP contribution in [0, 0.1) is 16.0 Å². The molecule has 0 saturated carbocycles. The number of nitrogens with zero attached hydrogens (tertiary/aromatic N) is 1. The molecule has 0 spiro atoms. The van der Waals surface area contributed by atoms with Gasteiger partial charge in [0.15, 0.2) is 0 Å². The normalized spacial score (nSPS) is 12.0. The average Bonchev–Trinajstić information content (AvgIpc) is 2.36. The number of benzene rings is 1. The SMILES string of the molecule is CC(C)C(CN)NC(=O)Nc1ccc([N+](=O)[O-])cc1. The summed E-state index contributed by atoms with van der Waals surface area (Å²) in [5.74, 6) is 0.229. The Morgan fingerprint density at radius 2 is 1.95 bits per heavy atom. The van der Waals surface area contributed by atoms with E-state index in [0.29, 0.717) is 12.2 Å². The van der Waals surface area contributed by atoms with Crippen molar-refractivity contribution in [2.75, 3.05) is 11.9 Å². The van der Waals surface area contributed by atoms with Crippen LogP contribution in [0.5, 0.6) is 0 Å². The summed E-state index contributed by atoms with van der Waals surface area (Å²) in [4.78, 5) is 21.7. The fourth-order valence-corrected chi connectivity index (χ4v) is 1.50. The van der Waals surface area contributed by atoms with Crippen LogP contribution in [0.15, 0.2) is 24.3 Å². The van der Waals surface area contributed by atoms with Gasteiger partial charge in [-0.1, -0.05) is 13.8 Å². The van der Waals surface area contributed by atoms with Gasteiger partial charge in [-0.2, -0.15) is 0 Å². The number of nitro benzene ring substituents is 1. The van der Waals surface area contributed by atoms with E-state index in [1.807, 2.05) is 13.8 Å². The number of hydrogen-bond acceptors (Lipinski definition) is 4. The van der Waals surface area contributed by atoms with Gasteiger partial charge in [0.05, 0.1) is 4.92 Å². The van der Waals surface area contributed by atoms with Crippen molar-refractivity contribution in [1.82, 2.24) is 5.32 Å². The average molecular weight is 266 g/mol. The molecular formula is C12H18N4O3. The number of carbonyl (C=O) groups is 1. The maximum Gasteiger partial charge on any atom is 0.319 e. The molecule has 0 saturated heterocycles. The van der Waals surface area contributed by atoms with Crippen molar-refractivity contribution < 1.29 is 9.72 Å². The zero-order valence-corrected chi connectivity index (χ0v) is 10.9. The highest BCUT2D eigenvalue weighted by Crippen LogP contribution is 2.15. The standard InChI is InChI=1S/C12H18N4O3/c1-8(2)11(7-13)15-12(17)14-9-3-5-10(6-4-9)16(18)19/h3-6,8,11H,7,13H2,1-2H3,(H2,14,15,17). The van der Waals surface area contributed by atoms with Crippen molar-refractivity contribution >= 4 is 17.4 Å². The highest BCUT2D eigenvalue weighted by atomic mass is 16.6. The first-order valence-corrected chi connectivity index (χ1v) is 5.96. The fraction of sp³-hybridized carbons (Fsp3) is 0.417. The van der Waals surface area contributed by atoms with Gasteiger partial charge in [-0.3, -0.25) is 10.1 Å². The quantitative estimate of drug-likeness (QED) is 0.556. The Kier molecular flexibility index (Phi) is 5.25. The molecule has 0 aromatic heterocycles. The van der Waals surface area contributed by atoms with E-state index in [0.717, 1.165) is 0 Å². The van der Waals surface area contributed by atoms with Gasteiger partial charge >= 0.3 is 6.03 Å². The molecule has 0 radical (unpaired) electrons. The summed E-state index contributed by atoms with van der Waals surface area (Å²) in [5, 5.41) is 15.8. The summed E-state index contributed by atoms with van der Waals surface area (Å²) in [5.41, 5.74) is 6.02. The van der Waals surface area contributed by atoms with Crippen LogP contribution in [0.3, 0.4) is 0 Å². The highest BCUT2D eigenvalue weighted by molar-refractivity contribution is 5.89. The summed E-state index contributed by atoms with van der Waals surface area (Å²) < 4.78 is 0. The van der Waals surface area contributed by atoms with Crippen LogP contribution >= 0.6 is 0 Å². The fourth-order valence-electron chi connectivity index (χ4n) is 1.50. The van der Waals surface area contributed by atoms with Crippen molar-refractivity contribution in [3.05, 3.63) is 34.4 Å². The molecule has 0 fully saturated rings. The molecule has 0 bridgehead atoms. The molecule has 0 aliphatic carbocycles. The van der Waals surface area contributed by atoms with Crippen molar-refractivity contribution in [1.29, 1.82) is 0 Å². The predicted octanol–water partition coefficient (Wildman–Crippen LogP) is 1.70. The molecule has 1 unspecified atom stereocenters. The van der Waals surface area contributed by atoms with Gasteiger partial charge in [0.2, 0.25) is 0 Å². The van der Waals surface area contributed by atoms with E-state index in [4.69, 9.17) is 5.73 Å². The minimum Gasteiger partial charge on any atom is -0.334 e. The lowest BCUT2D eigenvalue weighted by molar-refractivity contribution is -0.384. The molecule has 7 heteroatoms. The molecule has 104 valence electrons. The minimum atomic E-state index is -0.493. The van der Waals surface area contributed by atoms with E-state index in [1.54, 1.807) is 0 Å². The maximum absolute atomic E-state index is 11.7. The van der Waals surface area contributed by atoms with Gasteiger partial charge in [0.25, 0.3) is 5.69 Å². The third-order valence-corrected chi connectivity index (χ3v) is 2.71. The first kappa shape index (κ1) is 14.9. The van der Waals surface area contributed by atoms with Gasteiger partial charge in [0, 0.05) is 30.4 Å². The molecule has 1 aromatic carbocycles. The van der Waals surface area contributed by atoms with Crippen LogP contribution in [0.2, 0.25) is 0 Å². The Morgan fingerprint density at radius 1 is 1.37 bits per heavy atom. The summed E-state index contributed by atoms with van der Waals surface area (Å²) in [7, 11) is 0. The predicted molar refractivity (Wildman–Crippen MR) is 72.9 cm³/mol. The van der Waals surface area contributed by atoms with Crippen molar-refractivity contribution in [3.8, 4) is 0 Å². The number of amides is 2. The van der Waals surface area contributed by atoms with E-state index < -0.39 is 4.92 Å². The summed E-state index contributed by atoms with van der Waals surface area (Å²) in [6.45, 7) is 4.28. The number of nitro groups is 1. The number of urea groups is 1. The first-order chi connectivity index (χ1) is 8.93. The number of rotatable bonds is 5. The number of carbonyl (C=O) groups excluding carboxylic acids is 1. The number of anilines is 1. The topological polar surface area (TPSA) is 110 Å². The Hall–Kier alpha value is -2.15. The maximum atomic E-state index is 11.7. The molecule has 2 amide bonds. The van der Waals surface area contributed by atoms with E-state index in [-0.39, 0.29) is 23.7 Å². The molecule has 4 N–H and O–H groups in total. The van der Waals surface area contributed by atoms with Crippen LogP contribution < -0.4 is 16.4 Å². The molecule has 0 aliphatic heterocycles. The second-order valence-electron chi connectivity index (χ2n) is 4.49. The molecule has 1 atom stereocenters. The monoisotopic (exact) mass is 266 g/mol. The summed E-state index contributed by atoms with van der Waals surface area (Å²) in [6.07, 6.45) is 0. The van der Waals surface area contributed by atoms with Crippen LogP contribution in [-0.2, 0) is 0 Å². The van der Waals surface area contributed by atoms with E-state index in [1.165, 1.54) is 24.3 Å². The smallest absolute Gasteiger partial charge is 0.319 e. The molecular weight excluding hydrogens is 248 g/mol. The highest BCUT2D eigenvalue weighted by Gasteiger charge is 2.14. The lowest BCUT2D eigenvalue weighted by Crippen LogP contribution is -2.45. The number of nitrogens with one attached hydrogen (secondary N) is 2. The molecule has 7 nitrogen and oxygen atoms in total. The second-order valence-corrected chi connectivity index (χ2v) is 4.49. The number of nitrogens with two attached hydrogens (primary N) is 1. The van der Waals surface area contributed by atoms with E-state index >= 15 is 0 Å². The lowest BCUT2D eigenvalue weighted by atomic mass is 10.1. The number of hydrogen-bond donors (Lipinski definition) is 3. The van der Waals surface area contributed by atoms with Gasteiger partial charge in [-0.25, -0.2) is 4.79 Å². The third-order valence-electron chi connectivity index (χ3n) is 2.71. The van der Waals surface area contributed by atoms with E-state index in [9.17, 15) is 14.9 Å². The number of non-ortho nitro benzene ring substituents is 1. The first-order valence-electron chi connectivity index (χ1n) is 5.96. The Labute approximate surface area is 111 Å². The van der Waals surface area contributed by atoms with Crippen LogP contribution in [0.1, 0.15) is 13.8 Å². The van der Waals surface area contributed by atoms with Crippen molar-refractivity contribution in [3.63, 3.8) is 0 Å². The zero-order chi connectivity index (χ0) is 14.4. The second kappa shape index (κ2) is 6.69. The summed E-state index contributed by atoms with van der Waals surface area (Å²) >= 11 is 0.